The molecule has 0 radical (unpaired) electrons. The van der Waals surface area contributed by atoms with Gasteiger partial charge in [0.2, 0.25) is 5.88 Å². The molecule has 3 rings (SSSR count). The van der Waals surface area contributed by atoms with E-state index in [0.717, 1.165) is 31.0 Å². The molecule has 0 saturated heterocycles. The van der Waals surface area contributed by atoms with Crippen molar-refractivity contribution in [1.29, 1.82) is 0 Å². The molecule has 1 N–H and O–H groups in total. The van der Waals surface area contributed by atoms with Gasteiger partial charge in [-0.25, -0.2) is 9.97 Å². The number of pyridine rings is 1. The molecule has 0 aliphatic carbocycles. The minimum Gasteiger partial charge on any atom is -0.481 e. The van der Waals surface area contributed by atoms with E-state index in [2.05, 4.69) is 19.9 Å². The quantitative estimate of drug-likeness (QED) is 0.880. The van der Waals surface area contributed by atoms with E-state index in [-0.39, 0.29) is 6.10 Å². The number of methoxy groups -OCH3 is 1. The highest BCUT2D eigenvalue weighted by molar-refractivity contribution is 5.17. The molecule has 0 amide bonds. The van der Waals surface area contributed by atoms with Crippen LogP contribution in [0, 0.1) is 0 Å². The van der Waals surface area contributed by atoms with Crippen LogP contribution in [-0.4, -0.2) is 34.3 Å². The molecule has 20 heavy (non-hydrogen) atoms. The standard InChI is InChI=1S/C14H18N4O2/c1-19-14-3-2-11(7-17-14)6-15-8-12-9-18-5-4-16-13(18)10-20-12/h2-5,7,12,15H,6,8-10H2,1H3/t12-/m0/s1. The van der Waals surface area contributed by atoms with Crippen LogP contribution in [0.25, 0.3) is 0 Å². The maximum absolute atomic E-state index is 5.76. The third kappa shape index (κ3) is 2.97. The van der Waals surface area contributed by atoms with Crippen molar-refractivity contribution in [3.8, 4) is 5.88 Å². The molecule has 3 heterocycles. The second-order valence-corrected chi connectivity index (χ2v) is 4.77. The topological polar surface area (TPSA) is 61.2 Å². The van der Waals surface area contributed by atoms with Gasteiger partial charge in [0, 0.05) is 37.7 Å². The predicted octanol–water partition coefficient (Wildman–Crippen LogP) is 0.975. The number of rotatable bonds is 5. The van der Waals surface area contributed by atoms with Crippen LogP contribution in [0.1, 0.15) is 11.4 Å². The van der Waals surface area contributed by atoms with Crippen LogP contribution in [0.15, 0.2) is 30.7 Å². The molecular weight excluding hydrogens is 256 g/mol. The predicted molar refractivity (Wildman–Crippen MR) is 73.3 cm³/mol. The number of ether oxygens (including phenoxy) is 2. The fourth-order valence-electron chi connectivity index (χ4n) is 2.25. The van der Waals surface area contributed by atoms with Gasteiger partial charge >= 0.3 is 0 Å². The Balaban J connectivity index is 1.46. The lowest BCUT2D eigenvalue weighted by Gasteiger charge is -2.24. The normalized spacial score (nSPS) is 17.8. The van der Waals surface area contributed by atoms with Crippen molar-refractivity contribution in [2.24, 2.45) is 0 Å². The van der Waals surface area contributed by atoms with E-state index in [1.165, 1.54) is 0 Å². The molecule has 0 unspecified atom stereocenters. The third-order valence-corrected chi connectivity index (χ3v) is 3.36. The molecule has 2 aromatic heterocycles. The highest BCUT2D eigenvalue weighted by atomic mass is 16.5. The zero-order chi connectivity index (χ0) is 13.8. The van der Waals surface area contributed by atoms with Crippen molar-refractivity contribution in [2.75, 3.05) is 13.7 Å². The Morgan fingerprint density at radius 3 is 3.20 bits per heavy atom. The fraction of sp³-hybridized carbons (Fsp3) is 0.429. The summed E-state index contributed by atoms with van der Waals surface area (Å²) in [7, 11) is 1.62. The molecule has 1 aliphatic rings. The summed E-state index contributed by atoms with van der Waals surface area (Å²) < 4.78 is 12.9. The van der Waals surface area contributed by atoms with Gasteiger partial charge in [-0.2, -0.15) is 0 Å². The monoisotopic (exact) mass is 274 g/mol. The first kappa shape index (κ1) is 13.1. The largest absolute Gasteiger partial charge is 0.481 e. The zero-order valence-electron chi connectivity index (χ0n) is 11.5. The SMILES string of the molecule is COc1ccc(CNC[C@H]2Cn3ccnc3CO2)cn1. The van der Waals surface area contributed by atoms with Crippen molar-refractivity contribution in [3.63, 3.8) is 0 Å². The maximum Gasteiger partial charge on any atom is 0.212 e. The lowest BCUT2D eigenvalue weighted by molar-refractivity contribution is 0.00277. The average molecular weight is 274 g/mol. The highest BCUT2D eigenvalue weighted by Gasteiger charge is 2.18. The summed E-state index contributed by atoms with van der Waals surface area (Å²) in [5, 5.41) is 3.39. The van der Waals surface area contributed by atoms with Crippen LogP contribution in [-0.2, 0) is 24.4 Å². The molecule has 0 bridgehead atoms. The maximum atomic E-state index is 5.76. The Bertz CT molecular complexity index is 553. The van der Waals surface area contributed by atoms with Crippen molar-refractivity contribution >= 4 is 0 Å². The number of hydrogen-bond acceptors (Lipinski definition) is 5. The Kier molecular flexibility index (Phi) is 3.94. The molecular formula is C14H18N4O2. The van der Waals surface area contributed by atoms with Crippen molar-refractivity contribution < 1.29 is 9.47 Å². The van der Waals surface area contributed by atoms with Crippen LogP contribution >= 0.6 is 0 Å². The molecule has 1 atom stereocenters. The second-order valence-electron chi connectivity index (χ2n) is 4.77. The van der Waals surface area contributed by atoms with Crippen molar-refractivity contribution in [1.82, 2.24) is 19.9 Å². The van der Waals surface area contributed by atoms with Gasteiger partial charge < -0.3 is 19.4 Å². The molecule has 1 aliphatic heterocycles. The minimum absolute atomic E-state index is 0.183. The molecule has 0 fully saturated rings. The Morgan fingerprint density at radius 2 is 2.40 bits per heavy atom. The van der Waals surface area contributed by atoms with Crippen LogP contribution in [0.4, 0.5) is 0 Å². The van der Waals surface area contributed by atoms with E-state index in [1.807, 2.05) is 30.7 Å². The first-order valence-corrected chi connectivity index (χ1v) is 6.66. The van der Waals surface area contributed by atoms with E-state index in [0.29, 0.717) is 12.5 Å². The molecule has 2 aromatic rings. The number of aromatic nitrogens is 3. The van der Waals surface area contributed by atoms with Gasteiger partial charge in [0.05, 0.1) is 19.8 Å². The first-order chi connectivity index (χ1) is 9.85. The number of nitrogens with zero attached hydrogens (tertiary/aromatic N) is 3. The van der Waals surface area contributed by atoms with Gasteiger partial charge in [0.15, 0.2) is 0 Å². The Morgan fingerprint density at radius 1 is 1.45 bits per heavy atom. The van der Waals surface area contributed by atoms with Gasteiger partial charge in [-0.05, 0) is 5.56 Å². The summed E-state index contributed by atoms with van der Waals surface area (Å²) in [4.78, 5) is 8.41. The number of fused-ring (bicyclic) bond motifs is 1. The van der Waals surface area contributed by atoms with Gasteiger partial charge in [0.25, 0.3) is 0 Å². The molecule has 0 spiro atoms. The lowest BCUT2D eigenvalue weighted by atomic mass is 10.2. The van der Waals surface area contributed by atoms with E-state index in [9.17, 15) is 0 Å². The summed E-state index contributed by atoms with van der Waals surface area (Å²) >= 11 is 0. The Hall–Kier alpha value is -1.92. The van der Waals surface area contributed by atoms with E-state index < -0.39 is 0 Å². The van der Waals surface area contributed by atoms with Crippen molar-refractivity contribution in [2.45, 2.75) is 25.8 Å². The van der Waals surface area contributed by atoms with Gasteiger partial charge in [-0.1, -0.05) is 6.07 Å². The number of hydrogen-bond donors (Lipinski definition) is 1. The van der Waals surface area contributed by atoms with E-state index >= 15 is 0 Å². The van der Waals surface area contributed by atoms with Gasteiger partial charge in [-0.3, -0.25) is 0 Å². The molecule has 6 nitrogen and oxygen atoms in total. The molecule has 0 saturated carbocycles. The van der Waals surface area contributed by atoms with Crippen molar-refractivity contribution in [3.05, 3.63) is 42.1 Å². The summed E-state index contributed by atoms with van der Waals surface area (Å²) in [6, 6.07) is 3.88. The molecule has 6 heteroatoms. The summed E-state index contributed by atoms with van der Waals surface area (Å²) in [6.45, 7) is 3.02. The highest BCUT2D eigenvalue weighted by Crippen LogP contribution is 2.12. The van der Waals surface area contributed by atoms with Gasteiger partial charge in [0.1, 0.15) is 12.4 Å². The molecule has 0 aromatic carbocycles. The van der Waals surface area contributed by atoms with Crippen LogP contribution in [0.5, 0.6) is 5.88 Å². The minimum atomic E-state index is 0.183. The third-order valence-electron chi connectivity index (χ3n) is 3.36. The van der Waals surface area contributed by atoms with E-state index in [4.69, 9.17) is 9.47 Å². The number of nitrogens with one attached hydrogen (secondary N) is 1. The summed E-state index contributed by atoms with van der Waals surface area (Å²) in [6.07, 6.45) is 5.82. The van der Waals surface area contributed by atoms with Crippen LogP contribution < -0.4 is 10.1 Å². The lowest BCUT2D eigenvalue weighted by Crippen LogP contribution is -2.35. The Labute approximate surface area is 117 Å². The second kappa shape index (κ2) is 6.02. The first-order valence-electron chi connectivity index (χ1n) is 6.66. The average Bonchev–Trinajstić information content (AvgIpc) is 2.95. The zero-order valence-corrected chi connectivity index (χ0v) is 11.5. The summed E-state index contributed by atoms with van der Waals surface area (Å²) in [5.74, 6) is 1.64. The van der Waals surface area contributed by atoms with Crippen LogP contribution in [0.3, 0.4) is 0 Å². The fourth-order valence-corrected chi connectivity index (χ4v) is 2.25. The molecule has 106 valence electrons. The van der Waals surface area contributed by atoms with E-state index in [1.54, 1.807) is 7.11 Å². The smallest absolute Gasteiger partial charge is 0.212 e. The summed E-state index contributed by atoms with van der Waals surface area (Å²) in [5.41, 5.74) is 1.13. The number of imidazole rings is 1. The van der Waals surface area contributed by atoms with Gasteiger partial charge in [-0.15, -0.1) is 0 Å². The van der Waals surface area contributed by atoms with Crippen LogP contribution in [0.2, 0.25) is 0 Å².